The zero-order valence-electron chi connectivity index (χ0n) is 6.07. The van der Waals surface area contributed by atoms with E-state index in [1.54, 1.807) is 13.2 Å². The lowest BCUT2D eigenvalue weighted by molar-refractivity contribution is 0.585. The van der Waals surface area contributed by atoms with Crippen molar-refractivity contribution in [3.05, 3.63) is 10.8 Å². The van der Waals surface area contributed by atoms with Crippen molar-refractivity contribution in [3.63, 3.8) is 0 Å². The van der Waals surface area contributed by atoms with E-state index in [1.807, 2.05) is 0 Å². The van der Waals surface area contributed by atoms with Crippen LogP contribution in [0.3, 0.4) is 0 Å². The lowest BCUT2D eigenvalue weighted by Gasteiger charge is -1.95. The number of nitrogens with zero attached hydrogens (tertiary/aromatic N) is 2. The number of aromatic nitrogens is 2. The Balaban J connectivity index is 3.36. The minimum Gasteiger partial charge on any atom is -0.324 e. The van der Waals surface area contributed by atoms with Crippen LogP contribution in [-0.4, -0.2) is 24.2 Å². The molecular formula is C5H7BrN2O2S. The van der Waals surface area contributed by atoms with Gasteiger partial charge in [0, 0.05) is 19.5 Å². The summed E-state index contributed by atoms with van der Waals surface area (Å²) in [6, 6.07) is 0. The number of rotatable bonds is 1. The molecule has 0 N–H and O–H groups in total. The van der Waals surface area contributed by atoms with Gasteiger partial charge < -0.3 is 4.57 Å². The zero-order chi connectivity index (χ0) is 8.65. The van der Waals surface area contributed by atoms with Gasteiger partial charge in [0.15, 0.2) is 0 Å². The molecule has 1 aromatic heterocycles. The second-order valence-corrected chi connectivity index (χ2v) is 4.95. The van der Waals surface area contributed by atoms with E-state index in [1.165, 1.54) is 4.57 Å². The predicted molar refractivity (Wildman–Crippen MR) is 44.0 cm³/mol. The van der Waals surface area contributed by atoms with Crippen molar-refractivity contribution >= 4 is 25.8 Å². The first-order valence-electron chi connectivity index (χ1n) is 2.80. The van der Waals surface area contributed by atoms with E-state index in [2.05, 4.69) is 20.9 Å². The van der Waals surface area contributed by atoms with Gasteiger partial charge >= 0.3 is 0 Å². The van der Waals surface area contributed by atoms with Gasteiger partial charge in [-0.25, -0.2) is 13.4 Å². The van der Waals surface area contributed by atoms with Crippen LogP contribution in [0.5, 0.6) is 0 Å². The Hall–Kier alpha value is -0.360. The quantitative estimate of drug-likeness (QED) is 0.720. The Labute approximate surface area is 73.3 Å². The molecule has 0 spiro atoms. The summed E-state index contributed by atoms with van der Waals surface area (Å²) in [5.41, 5.74) is 0. The van der Waals surface area contributed by atoms with Gasteiger partial charge in [-0.3, -0.25) is 0 Å². The summed E-state index contributed by atoms with van der Waals surface area (Å²) in [6.07, 6.45) is 2.72. The molecule has 11 heavy (non-hydrogen) atoms. The van der Waals surface area contributed by atoms with E-state index < -0.39 is 9.84 Å². The van der Waals surface area contributed by atoms with Crippen molar-refractivity contribution in [2.45, 2.75) is 5.16 Å². The first-order chi connectivity index (χ1) is 4.91. The van der Waals surface area contributed by atoms with Gasteiger partial charge in [0.05, 0.1) is 0 Å². The van der Waals surface area contributed by atoms with Crippen LogP contribution in [0, 0.1) is 0 Å². The Kier molecular flexibility index (Phi) is 2.06. The molecule has 0 radical (unpaired) electrons. The highest BCUT2D eigenvalue weighted by atomic mass is 79.9. The van der Waals surface area contributed by atoms with E-state index in [0.717, 1.165) is 6.26 Å². The minimum atomic E-state index is -3.19. The van der Waals surface area contributed by atoms with Gasteiger partial charge in [-0.15, -0.1) is 0 Å². The molecule has 0 atom stereocenters. The van der Waals surface area contributed by atoms with Crippen molar-refractivity contribution in [1.29, 1.82) is 0 Å². The summed E-state index contributed by atoms with van der Waals surface area (Å²) >= 11 is 3.08. The number of halogens is 1. The van der Waals surface area contributed by atoms with E-state index in [-0.39, 0.29) is 5.16 Å². The molecule has 1 rings (SSSR count). The van der Waals surface area contributed by atoms with Gasteiger partial charge in [0.1, 0.15) is 4.60 Å². The third-order valence-electron chi connectivity index (χ3n) is 1.14. The molecule has 0 aliphatic rings. The number of hydrogen-bond donors (Lipinski definition) is 0. The summed E-state index contributed by atoms with van der Waals surface area (Å²) in [5, 5.41) is 0.0735. The fraction of sp³-hybridized carbons (Fsp3) is 0.400. The Morgan fingerprint density at radius 3 is 2.36 bits per heavy atom. The molecule has 0 amide bonds. The number of hydrogen-bond acceptors (Lipinski definition) is 3. The van der Waals surface area contributed by atoms with Crippen LogP contribution in [0.2, 0.25) is 0 Å². The minimum absolute atomic E-state index is 0.0735. The molecule has 0 bridgehead atoms. The Bertz CT molecular complexity index is 368. The molecule has 0 unspecified atom stereocenters. The zero-order valence-corrected chi connectivity index (χ0v) is 8.48. The normalized spacial score (nSPS) is 11.9. The summed E-state index contributed by atoms with van der Waals surface area (Å²) in [4.78, 5) is 3.77. The number of sulfone groups is 1. The number of imidazole rings is 1. The molecule has 1 heterocycles. The van der Waals surface area contributed by atoms with Crippen LogP contribution in [0.25, 0.3) is 0 Å². The average Bonchev–Trinajstić information content (AvgIpc) is 2.08. The molecule has 0 saturated heterocycles. The van der Waals surface area contributed by atoms with Crippen LogP contribution in [-0.2, 0) is 16.9 Å². The Morgan fingerprint density at radius 2 is 2.18 bits per heavy atom. The molecule has 0 fully saturated rings. The third-order valence-corrected chi connectivity index (χ3v) is 2.56. The van der Waals surface area contributed by atoms with Crippen LogP contribution in [0.1, 0.15) is 0 Å². The van der Waals surface area contributed by atoms with Gasteiger partial charge in [-0.05, 0) is 15.9 Å². The molecular weight excluding hydrogens is 232 g/mol. The molecule has 0 saturated carbocycles. The summed E-state index contributed by atoms with van der Waals surface area (Å²) < 4.78 is 23.9. The van der Waals surface area contributed by atoms with Crippen LogP contribution < -0.4 is 0 Å². The highest BCUT2D eigenvalue weighted by Crippen LogP contribution is 2.12. The fourth-order valence-electron chi connectivity index (χ4n) is 0.759. The van der Waals surface area contributed by atoms with Gasteiger partial charge in [-0.1, -0.05) is 0 Å². The highest BCUT2D eigenvalue weighted by molar-refractivity contribution is 9.10. The van der Waals surface area contributed by atoms with E-state index >= 15 is 0 Å². The maximum Gasteiger partial charge on any atom is 0.228 e. The third kappa shape index (κ3) is 1.81. The predicted octanol–water partition coefficient (Wildman–Crippen LogP) is 0.586. The monoisotopic (exact) mass is 238 g/mol. The molecule has 6 heteroatoms. The van der Waals surface area contributed by atoms with Gasteiger partial charge in [0.25, 0.3) is 0 Å². The van der Waals surface area contributed by atoms with E-state index in [0.29, 0.717) is 4.60 Å². The first-order valence-corrected chi connectivity index (χ1v) is 5.48. The van der Waals surface area contributed by atoms with Crippen molar-refractivity contribution in [2.24, 2.45) is 7.05 Å². The molecule has 0 aliphatic heterocycles. The van der Waals surface area contributed by atoms with Crippen molar-refractivity contribution in [1.82, 2.24) is 9.55 Å². The second kappa shape index (κ2) is 2.60. The molecule has 62 valence electrons. The maximum absolute atomic E-state index is 11.0. The summed E-state index contributed by atoms with van der Waals surface area (Å²) in [5.74, 6) is 0. The highest BCUT2D eigenvalue weighted by Gasteiger charge is 2.13. The summed E-state index contributed by atoms with van der Waals surface area (Å²) in [7, 11) is -1.56. The van der Waals surface area contributed by atoms with E-state index in [9.17, 15) is 8.42 Å². The van der Waals surface area contributed by atoms with Gasteiger partial charge in [0.2, 0.25) is 15.0 Å². The van der Waals surface area contributed by atoms with Crippen molar-refractivity contribution < 1.29 is 8.42 Å². The van der Waals surface area contributed by atoms with Crippen LogP contribution in [0.4, 0.5) is 0 Å². The van der Waals surface area contributed by atoms with Crippen LogP contribution >= 0.6 is 15.9 Å². The number of aryl methyl sites for hydroxylation is 1. The average molecular weight is 239 g/mol. The lowest BCUT2D eigenvalue weighted by atomic mass is 10.9. The van der Waals surface area contributed by atoms with Crippen LogP contribution in [0.15, 0.2) is 16.0 Å². The molecule has 4 nitrogen and oxygen atoms in total. The SMILES string of the molecule is Cn1cc(Br)nc1S(C)(=O)=O. The van der Waals surface area contributed by atoms with Crippen molar-refractivity contribution in [2.75, 3.05) is 6.26 Å². The smallest absolute Gasteiger partial charge is 0.228 e. The topological polar surface area (TPSA) is 52.0 Å². The molecule has 0 aromatic carbocycles. The largest absolute Gasteiger partial charge is 0.324 e. The molecule has 1 aromatic rings. The lowest BCUT2D eigenvalue weighted by Crippen LogP contribution is -2.04. The van der Waals surface area contributed by atoms with Crippen molar-refractivity contribution in [3.8, 4) is 0 Å². The van der Waals surface area contributed by atoms with Gasteiger partial charge in [-0.2, -0.15) is 0 Å². The maximum atomic E-state index is 11.0. The molecule has 0 aliphatic carbocycles. The first kappa shape index (κ1) is 8.73. The fourth-order valence-corrected chi connectivity index (χ4v) is 2.19. The van der Waals surface area contributed by atoms with E-state index in [4.69, 9.17) is 0 Å². The second-order valence-electron chi connectivity index (χ2n) is 2.23. The standard InChI is InChI=1S/C5H7BrN2O2S/c1-8-3-4(6)7-5(8)11(2,9)10/h3H,1-2H3. The Morgan fingerprint density at radius 1 is 1.64 bits per heavy atom. The summed E-state index contributed by atoms with van der Waals surface area (Å²) in [6.45, 7) is 0.